The number of nitrogens with zero attached hydrogens (tertiary/aromatic N) is 1. The second-order valence-corrected chi connectivity index (χ2v) is 5.13. The van der Waals surface area contributed by atoms with Crippen LogP contribution in [-0.2, 0) is 6.42 Å². The predicted octanol–water partition coefficient (Wildman–Crippen LogP) is 3.26. The molecule has 0 aromatic heterocycles. The minimum atomic E-state index is -0.593. The molecule has 2 N–H and O–H groups in total. The van der Waals surface area contributed by atoms with Crippen LogP contribution in [0, 0.1) is 5.82 Å². The first kappa shape index (κ1) is 12.9. The SMILES string of the molecule is Nc1ccc2c(c1)N(C(=O)c1ccc(Cl)c(F)c1)CC2. The van der Waals surface area contributed by atoms with Gasteiger partial charge in [0.25, 0.3) is 5.91 Å². The Morgan fingerprint density at radius 1 is 1.25 bits per heavy atom. The average Bonchev–Trinajstić information content (AvgIpc) is 2.84. The van der Waals surface area contributed by atoms with Crippen molar-refractivity contribution in [3.63, 3.8) is 0 Å². The molecule has 0 radical (unpaired) electrons. The highest BCUT2D eigenvalue weighted by Gasteiger charge is 2.26. The van der Waals surface area contributed by atoms with E-state index < -0.39 is 5.82 Å². The summed E-state index contributed by atoms with van der Waals surface area (Å²) in [5.74, 6) is -0.838. The van der Waals surface area contributed by atoms with E-state index in [1.165, 1.54) is 12.1 Å². The number of halogens is 2. The molecule has 2 aromatic carbocycles. The van der Waals surface area contributed by atoms with Crippen molar-refractivity contribution in [3.8, 4) is 0 Å². The van der Waals surface area contributed by atoms with Crippen LogP contribution in [0.25, 0.3) is 0 Å². The van der Waals surface area contributed by atoms with E-state index in [0.717, 1.165) is 23.7 Å². The summed E-state index contributed by atoms with van der Waals surface area (Å²) in [6, 6.07) is 9.58. The molecule has 0 saturated heterocycles. The molecule has 1 aliphatic heterocycles. The molecular formula is C15H12ClFN2O. The fourth-order valence-corrected chi connectivity index (χ4v) is 2.51. The zero-order valence-corrected chi connectivity index (χ0v) is 11.3. The van der Waals surface area contributed by atoms with Crippen LogP contribution in [0.4, 0.5) is 15.8 Å². The summed E-state index contributed by atoms with van der Waals surface area (Å²) in [6.07, 6.45) is 0.775. The van der Waals surface area contributed by atoms with E-state index in [9.17, 15) is 9.18 Å². The summed E-state index contributed by atoms with van der Waals surface area (Å²) in [7, 11) is 0. The average molecular weight is 291 g/mol. The maximum atomic E-state index is 13.5. The highest BCUT2D eigenvalue weighted by Crippen LogP contribution is 2.31. The predicted molar refractivity (Wildman–Crippen MR) is 77.6 cm³/mol. The van der Waals surface area contributed by atoms with Crippen molar-refractivity contribution in [2.24, 2.45) is 0 Å². The zero-order chi connectivity index (χ0) is 14.3. The molecule has 1 heterocycles. The molecule has 102 valence electrons. The molecule has 2 aromatic rings. The van der Waals surface area contributed by atoms with Gasteiger partial charge < -0.3 is 10.6 Å². The molecule has 5 heteroatoms. The van der Waals surface area contributed by atoms with Gasteiger partial charge in [-0.25, -0.2) is 4.39 Å². The molecule has 3 nitrogen and oxygen atoms in total. The number of carbonyl (C=O) groups excluding carboxylic acids is 1. The Morgan fingerprint density at radius 2 is 2.05 bits per heavy atom. The Balaban J connectivity index is 1.97. The summed E-state index contributed by atoms with van der Waals surface area (Å²) < 4.78 is 13.5. The van der Waals surface area contributed by atoms with Gasteiger partial charge in [0.2, 0.25) is 0 Å². The van der Waals surface area contributed by atoms with Crippen LogP contribution in [-0.4, -0.2) is 12.5 Å². The van der Waals surface area contributed by atoms with Crippen LogP contribution in [0.1, 0.15) is 15.9 Å². The van der Waals surface area contributed by atoms with Gasteiger partial charge in [-0.2, -0.15) is 0 Å². The minimum absolute atomic E-state index is 0.00705. The normalized spacial score (nSPS) is 13.4. The van der Waals surface area contributed by atoms with Crippen LogP contribution in [0.5, 0.6) is 0 Å². The number of fused-ring (bicyclic) bond motifs is 1. The smallest absolute Gasteiger partial charge is 0.258 e. The van der Waals surface area contributed by atoms with Crippen molar-refractivity contribution in [1.29, 1.82) is 0 Å². The van der Waals surface area contributed by atoms with Crippen LogP contribution >= 0.6 is 11.6 Å². The Hall–Kier alpha value is -2.07. The lowest BCUT2D eigenvalue weighted by atomic mass is 10.1. The molecule has 0 fully saturated rings. The second kappa shape index (κ2) is 4.80. The number of carbonyl (C=O) groups is 1. The van der Waals surface area contributed by atoms with Gasteiger partial charge in [0.15, 0.2) is 0 Å². The van der Waals surface area contributed by atoms with E-state index in [-0.39, 0.29) is 16.5 Å². The molecule has 0 aliphatic carbocycles. The third-order valence-electron chi connectivity index (χ3n) is 3.42. The van der Waals surface area contributed by atoms with Crippen LogP contribution < -0.4 is 10.6 Å². The lowest BCUT2D eigenvalue weighted by Crippen LogP contribution is -2.29. The van der Waals surface area contributed by atoms with E-state index in [1.54, 1.807) is 11.0 Å². The van der Waals surface area contributed by atoms with Gasteiger partial charge >= 0.3 is 0 Å². The first-order valence-electron chi connectivity index (χ1n) is 6.21. The molecule has 20 heavy (non-hydrogen) atoms. The molecule has 0 bridgehead atoms. The zero-order valence-electron chi connectivity index (χ0n) is 10.6. The Labute approximate surface area is 120 Å². The molecule has 0 atom stereocenters. The second-order valence-electron chi connectivity index (χ2n) is 4.72. The molecule has 0 spiro atoms. The summed E-state index contributed by atoms with van der Waals surface area (Å²) in [6.45, 7) is 0.571. The largest absolute Gasteiger partial charge is 0.399 e. The minimum Gasteiger partial charge on any atom is -0.399 e. The first-order valence-corrected chi connectivity index (χ1v) is 6.59. The van der Waals surface area contributed by atoms with Gasteiger partial charge in [-0.1, -0.05) is 17.7 Å². The number of rotatable bonds is 1. The topological polar surface area (TPSA) is 46.3 Å². The molecule has 0 saturated carbocycles. The number of amides is 1. The highest BCUT2D eigenvalue weighted by molar-refractivity contribution is 6.30. The van der Waals surface area contributed by atoms with E-state index >= 15 is 0 Å². The van der Waals surface area contributed by atoms with Gasteiger partial charge in [-0.05, 0) is 42.3 Å². The number of anilines is 2. The van der Waals surface area contributed by atoms with Crippen LogP contribution in [0.2, 0.25) is 5.02 Å². The summed E-state index contributed by atoms with van der Waals surface area (Å²) >= 11 is 5.63. The van der Waals surface area contributed by atoms with Gasteiger partial charge in [0.1, 0.15) is 5.82 Å². The number of nitrogen functional groups attached to an aromatic ring is 1. The number of nitrogens with two attached hydrogens (primary N) is 1. The summed E-state index contributed by atoms with van der Waals surface area (Å²) in [5, 5.41) is 0.00705. The lowest BCUT2D eigenvalue weighted by molar-refractivity contribution is 0.0989. The fraction of sp³-hybridized carbons (Fsp3) is 0.133. The monoisotopic (exact) mass is 290 g/mol. The van der Waals surface area contributed by atoms with Gasteiger partial charge in [-0.3, -0.25) is 4.79 Å². The third kappa shape index (κ3) is 2.12. The van der Waals surface area contributed by atoms with Crippen molar-refractivity contribution in [2.45, 2.75) is 6.42 Å². The van der Waals surface area contributed by atoms with Crippen molar-refractivity contribution < 1.29 is 9.18 Å². The molecule has 1 aliphatic rings. The Kier molecular flexibility index (Phi) is 3.10. The number of benzene rings is 2. The fourth-order valence-electron chi connectivity index (χ4n) is 2.39. The Morgan fingerprint density at radius 3 is 2.80 bits per heavy atom. The maximum absolute atomic E-state index is 13.5. The first-order chi connectivity index (χ1) is 9.56. The van der Waals surface area contributed by atoms with E-state index in [1.807, 2.05) is 12.1 Å². The molecule has 3 rings (SSSR count). The molecule has 0 unspecified atom stereocenters. The molecular weight excluding hydrogens is 279 g/mol. The summed E-state index contributed by atoms with van der Waals surface area (Å²) in [4.78, 5) is 14.1. The van der Waals surface area contributed by atoms with Gasteiger partial charge in [0, 0.05) is 23.5 Å². The maximum Gasteiger partial charge on any atom is 0.258 e. The Bertz CT molecular complexity index is 702. The third-order valence-corrected chi connectivity index (χ3v) is 3.72. The number of hydrogen-bond acceptors (Lipinski definition) is 2. The number of hydrogen-bond donors (Lipinski definition) is 1. The van der Waals surface area contributed by atoms with Gasteiger partial charge in [0.05, 0.1) is 5.02 Å². The van der Waals surface area contributed by atoms with Crippen molar-refractivity contribution >= 4 is 28.9 Å². The standard InChI is InChI=1S/C15H12ClFN2O/c16-12-4-2-10(7-13(12)17)15(20)19-6-5-9-1-3-11(18)8-14(9)19/h1-4,7-8H,5-6,18H2. The van der Waals surface area contributed by atoms with E-state index in [4.69, 9.17) is 17.3 Å². The van der Waals surface area contributed by atoms with Crippen LogP contribution in [0.15, 0.2) is 36.4 Å². The molecule has 1 amide bonds. The van der Waals surface area contributed by atoms with E-state index in [0.29, 0.717) is 12.2 Å². The highest BCUT2D eigenvalue weighted by atomic mass is 35.5. The van der Waals surface area contributed by atoms with Crippen molar-refractivity contribution in [3.05, 3.63) is 58.4 Å². The summed E-state index contributed by atoms with van der Waals surface area (Å²) in [5.41, 5.74) is 8.51. The van der Waals surface area contributed by atoms with Gasteiger partial charge in [-0.15, -0.1) is 0 Å². The van der Waals surface area contributed by atoms with E-state index in [2.05, 4.69) is 0 Å². The lowest BCUT2D eigenvalue weighted by Gasteiger charge is -2.18. The quantitative estimate of drug-likeness (QED) is 0.819. The van der Waals surface area contributed by atoms with Crippen molar-refractivity contribution in [2.75, 3.05) is 17.2 Å². The van der Waals surface area contributed by atoms with Crippen LogP contribution in [0.3, 0.4) is 0 Å². The van der Waals surface area contributed by atoms with Crippen molar-refractivity contribution in [1.82, 2.24) is 0 Å².